The fourth-order valence-electron chi connectivity index (χ4n) is 2.61. The fourth-order valence-corrected chi connectivity index (χ4v) is 4.40. The standard InChI is InChI=1S/C14H22N2O4S2/c1-10-5-8-21-13(10)12(17)9-15-14(18)11-3-6-16(7-4-11)22(2,19)20/h5,8,11-12,17H,3-4,6-7,9H2,1-2H3,(H,15,18)/t12-/m0/s1. The number of piperidine rings is 1. The maximum atomic E-state index is 12.1. The molecule has 0 spiro atoms. The van der Waals surface area contributed by atoms with E-state index in [9.17, 15) is 18.3 Å². The van der Waals surface area contributed by atoms with E-state index in [1.54, 1.807) is 0 Å². The van der Waals surface area contributed by atoms with E-state index in [1.807, 2.05) is 18.4 Å². The molecule has 124 valence electrons. The third-order valence-corrected chi connectivity index (χ3v) is 6.39. The molecule has 1 amide bonds. The van der Waals surface area contributed by atoms with Gasteiger partial charge in [-0.05, 0) is 36.8 Å². The third-order valence-electron chi connectivity index (χ3n) is 3.97. The van der Waals surface area contributed by atoms with Gasteiger partial charge in [0, 0.05) is 30.4 Å². The molecule has 0 radical (unpaired) electrons. The Labute approximate surface area is 135 Å². The minimum absolute atomic E-state index is 0.110. The van der Waals surface area contributed by atoms with Crippen molar-refractivity contribution in [3.63, 3.8) is 0 Å². The Morgan fingerprint density at radius 2 is 2.14 bits per heavy atom. The van der Waals surface area contributed by atoms with Crippen LogP contribution in [0.2, 0.25) is 0 Å². The number of nitrogens with zero attached hydrogens (tertiary/aromatic N) is 1. The molecule has 1 saturated heterocycles. The summed E-state index contributed by atoms with van der Waals surface area (Å²) in [5.41, 5.74) is 1.02. The number of amides is 1. The van der Waals surface area contributed by atoms with Crippen LogP contribution in [0.25, 0.3) is 0 Å². The van der Waals surface area contributed by atoms with Crippen LogP contribution >= 0.6 is 11.3 Å². The zero-order valence-electron chi connectivity index (χ0n) is 12.8. The summed E-state index contributed by atoms with van der Waals surface area (Å²) in [5, 5.41) is 14.8. The first kappa shape index (κ1) is 17.4. The minimum Gasteiger partial charge on any atom is -0.386 e. The Hall–Kier alpha value is -0.960. The predicted molar refractivity (Wildman–Crippen MR) is 86.2 cm³/mol. The molecule has 1 aromatic heterocycles. The lowest BCUT2D eigenvalue weighted by Crippen LogP contribution is -2.43. The van der Waals surface area contributed by atoms with Crippen molar-refractivity contribution in [3.8, 4) is 0 Å². The highest BCUT2D eigenvalue weighted by molar-refractivity contribution is 7.88. The van der Waals surface area contributed by atoms with E-state index >= 15 is 0 Å². The zero-order chi connectivity index (χ0) is 16.3. The third kappa shape index (κ3) is 4.28. The fraction of sp³-hybridized carbons (Fsp3) is 0.643. The van der Waals surface area contributed by atoms with Crippen molar-refractivity contribution in [1.82, 2.24) is 9.62 Å². The number of carbonyl (C=O) groups is 1. The molecule has 0 aliphatic carbocycles. The van der Waals surface area contributed by atoms with Gasteiger partial charge in [-0.15, -0.1) is 11.3 Å². The monoisotopic (exact) mass is 346 g/mol. The van der Waals surface area contributed by atoms with Crippen molar-refractivity contribution < 1.29 is 18.3 Å². The van der Waals surface area contributed by atoms with Gasteiger partial charge in [0.15, 0.2) is 0 Å². The normalized spacial score (nSPS) is 19.0. The summed E-state index contributed by atoms with van der Waals surface area (Å²) in [6, 6.07) is 1.94. The summed E-state index contributed by atoms with van der Waals surface area (Å²) in [5.74, 6) is -0.295. The summed E-state index contributed by atoms with van der Waals surface area (Å²) in [6.07, 6.45) is 1.53. The lowest BCUT2D eigenvalue weighted by molar-refractivity contribution is -0.126. The van der Waals surface area contributed by atoms with Crippen LogP contribution in [-0.4, -0.2) is 49.6 Å². The summed E-state index contributed by atoms with van der Waals surface area (Å²) < 4.78 is 24.3. The number of nitrogens with one attached hydrogen (secondary N) is 1. The molecule has 1 aliphatic heterocycles. The number of aryl methyl sites for hydroxylation is 1. The topological polar surface area (TPSA) is 86.7 Å². The van der Waals surface area contributed by atoms with Crippen LogP contribution in [0, 0.1) is 12.8 Å². The molecule has 1 aromatic rings. The number of thiophene rings is 1. The molecule has 1 aliphatic rings. The van der Waals surface area contributed by atoms with Gasteiger partial charge in [-0.25, -0.2) is 12.7 Å². The first-order valence-electron chi connectivity index (χ1n) is 7.24. The van der Waals surface area contributed by atoms with E-state index in [4.69, 9.17) is 0 Å². The van der Waals surface area contributed by atoms with Crippen LogP contribution in [0.5, 0.6) is 0 Å². The Bertz CT molecular complexity index is 619. The quantitative estimate of drug-likeness (QED) is 0.828. The Kier molecular flexibility index (Phi) is 5.60. The van der Waals surface area contributed by atoms with Crippen LogP contribution in [0.4, 0.5) is 0 Å². The van der Waals surface area contributed by atoms with Gasteiger partial charge < -0.3 is 10.4 Å². The number of hydrogen-bond donors (Lipinski definition) is 2. The smallest absolute Gasteiger partial charge is 0.223 e. The second-order valence-electron chi connectivity index (χ2n) is 5.67. The molecule has 1 atom stereocenters. The van der Waals surface area contributed by atoms with Gasteiger partial charge in [0.05, 0.1) is 6.26 Å². The molecule has 0 saturated carbocycles. The van der Waals surface area contributed by atoms with Gasteiger partial charge in [-0.3, -0.25) is 4.79 Å². The molecule has 0 aromatic carbocycles. The van der Waals surface area contributed by atoms with Gasteiger partial charge in [-0.1, -0.05) is 0 Å². The number of sulfonamides is 1. The summed E-state index contributed by atoms with van der Waals surface area (Å²) in [7, 11) is -3.17. The molecule has 0 unspecified atom stereocenters. The number of aliphatic hydroxyl groups is 1. The van der Waals surface area contributed by atoms with E-state index in [1.165, 1.54) is 21.9 Å². The highest BCUT2D eigenvalue weighted by atomic mass is 32.2. The Balaban J connectivity index is 1.80. The molecule has 2 rings (SSSR count). The molecule has 2 N–H and O–H groups in total. The highest BCUT2D eigenvalue weighted by Crippen LogP contribution is 2.24. The molecule has 6 nitrogen and oxygen atoms in total. The molecular formula is C14H22N2O4S2. The van der Waals surface area contributed by atoms with Gasteiger partial charge >= 0.3 is 0 Å². The van der Waals surface area contributed by atoms with E-state index in [0.717, 1.165) is 10.4 Å². The molecule has 0 bridgehead atoms. The average Bonchev–Trinajstić information content (AvgIpc) is 2.90. The first-order chi connectivity index (χ1) is 10.3. The number of carbonyl (C=O) groups excluding carboxylic acids is 1. The zero-order valence-corrected chi connectivity index (χ0v) is 14.4. The van der Waals surface area contributed by atoms with Crippen molar-refractivity contribution >= 4 is 27.3 Å². The maximum absolute atomic E-state index is 12.1. The molecule has 1 fully saturated rings. The lowest BCUT2D eigenvalue weighted by atomic mass is 9.97. The van der Waals surface area contributed by atoms with Crippen LogP contribution in [0.1, 0.15) is 29.4 Å². The lowest BCUT2D eigenvalue weighted by Gasteiger charge is -2.29. The summed E-state index contributed by atoms with van der Waals surface area (Å²) in [6.45, 7) is 2.87. The van der Waals surface area contributed by atoms with Crippen molar-refractivity contribution in [2.24, 2.45) is 5.92 Å². The molecular weight excluding hydrogens is 324 g/mol. The number of aliphatic hydroxyl groups excluding tert-OH is 1. The van der Waals surface area contributed by atoms with Crippen LogP contribution < -0.4 is 5.32 Å². The van der Waals surface area contributed by atoms with Gasteiger partial charge in [0.2, 0.25) is 15.9 Å². The average molecular weight is 346 g/mol. The second kappa shape index (κ2) is 7.08. The Morgan fingerprint density at radius 3 is 2.64 bits per heavy atom. The van der Waals surface area contributed by atoms with Crippen LogP contribution in [0.3, 0.4) is 0 Å². The van der Waals surface area contributed by atoms with Crippen LogP contribution in [0.15, 0.2) is 11.4 Å². The van der Waals surface area contributed by atoms with Crippen molar-refractivity contribution in [2.75, 3.05) is 25.9 Å². The summed E-state index contributed by atoms with van der Waals surface area (Å²) in [4.78, 5) is 13.0. The van der Waals surface area contributed by atoms with Gasteiger partial charge in [-0.2, -0.15) is 0 Å². The predicted octanol–water partition coefficient (Wildman–Crippen LogP) is 0.878. The van der Waals surface area contributed by atoms with Crippen molar-refractivity contribution in [3.05, 3.63) is 21.9 Å². The van der Waals surface area contributed by atoms with Gasteiger partial charge in [0.1, 0.15) is 6.10 Å². The largest absolute Gasteiger partial charge is 0.386 e. The SMILES string of the molecule is Cc1ccsc1[C@@H](O)CNC(=O)C1CCN(S(C)(=O)=O)CC1. The highest BCUT2D eigenvalue weighted by Gasteiger charge is 2.29. The molecule has 8 heteroatoms. The molecule has 2 heterocycles. The summed E-state index contributed by atoms with van der Waals surface area (Å²) >= 11 is 1.47. The van der Waals surface area contributed by atoms with E-state index < -0.39 is 16.1 Å². The number of hydrogen-bond acceptors (Lipinski definition) is 5. The van der Waals surface area contributed by atoms with E-state index in [2.05, 4.69) is 5.32 Å². The molecule has 22 heavy (non-hydrogen) atoms. The van der Waals surface area contributed by atoms with Crippen molar-refractivity contribution in [1.29, 1.82) is 0 Å². The van der Waals surface area contributed by atoms with Gasteiger partial charge in [0.25, 0.3) is 0 Å². The first-order valence-corrected chi connectivity index (χ1v) is 9.96. The maximum Gasteiger partial charge on any atom is 0.223 e. The number of rotatable bonds is 5. The Morgan fingerprint density at radius 1 is 1.50 bits per heavy atom. The van der Waals surface area contributed by atoms with E-state index in [0.29, 0.717) is 25.9 Å². The second-order valence-corrected chi connectivity index (χ2v) is 8.60. The minimum atomic E-state index is -3.17. The van der Waals surface area contributed by atoms with Crippen molar-refractivity contribution in [2.45, 2.75) is 25.9 Å². The van der Waals surface area contributed by atoms with Crippen LogP contribution in [-0.2, 0) is 14.8 Å². The van der Waals surface area contributed by atoms with E-state index in [-0.39, 0.29) is 18.4 Å².